The first-order valence-electron chi connectivity index (χ1n) is 9.83. The van der Waals surface area contributed by atoms with Crippen LogP contribution in [0.25, 0.3) is 0 Å². The van der Waals surface area contributed by atoms with Crippen LogP contribution in [0.2, 0.25) is 0 Å². The molecule has 0 radical (unpaired) electrons. The van der Waals surface area contributed by atoms with Gasteiger partial charge in [0.15, 0.2) is 0 Å². The highest BCUT2D eigenvalue weighted by atomic mass is 32.1. The van der Waals surface area contributed by atoms with Crippen molar-refractivity contribution in [2.24, 2.45) is 17.3 Å². The number of hydrogen-bond acceptors (Lipinski definition) is 5. The summed E-state index contributed by atoms with van der Waals surface area (Å²) in [5, 5.41) is 5.42. The van der Waals surface area contributed by atoms with Crippen molar-refractivity contribution in [2.45, 2.75) is 53.9 Å². The summed E-state index contributed by atoms with van der Waals surface area (Å²) in [5.41, 5.74) is 0.969. The molecule has 0 saturated carbocycles. The average Bonchev–Trinajstić information content (AvgIpc) is 3.01. The lowest BCUT2D eigenvalue weighted by Crippen LogP contribution is -2.45. The number of hydrogen-bond donors (Lipinski definition) is 1. The van der Waals surface area contributed by atoms with E-state index in [0.29, 0.717) is 42.4 Å². The second kappa shape index (κ2) is 9.07. The highest BCUT2D eigenvalue weighted by molar-refractivity contribution is 7.15. The number of thiophene rings is 1. The number of likely N-dealkylation sites (tertiary alicyclic amines) is 1. The Bertz CT molecular complexity index is 725. The lowest BCUT2D eigenvalue weighted by atomic mass is 9.90. The summed E-state index contributed by atoms with van der Waals surface area (Å²) in [7, 11) is 1.35. The molecule has 1 aromatic rings. The van der Waals surface area contributed by atoms with E-state index in [1.807, 2.05) is 31.1 Å². The van der Waals surface area contributed by atoms with Crippen molar-refractivity contribution in [1.29, 1.82) is 0 Å². The maximum Gasteiger partial charge on any atom is 0.341 e. The number of carbonyl (C=O) groups is 3. The Morgan fingerprint density at radius 3 is 2.36 bits per heavy atom. The van der Waals surface area contributed by atoms with Crippen LogP contribution in [0.15, 0.2) is 5.38 Å². The van der Waals surface area contributed by atoms with E-state index in [1.165, 1.54) is 18.4 Å². The van der Waals surface area contributed by atoms with Crippen LogP contribution in [0.5, 0.6) is 0 Å². The molecule has 2 amide bonds. The van der Waals surface area contributed by atoms with Gasteiger partial charge in [0.2, 0.25) is 11.8 Å². The van der Waals surface area contributed by atoms with Crippen molar-refractivity contribution in [3.63, 3.8) is 0 Å². The standard InChI is InChI=1S/C21H32N2O4S/c1-13(2)11-15-12-28-18(16(15)19(25)27-6)22-17(24)14-7-9-23(10-8-14)20(26)21(3,4)5/h12-14H,7-11H2,1-6H3,(H,22,24). The van der Waals surface area contributed by atoms with Gasteiger partial charge in [-0.3, -0.25) is 9.59 Å². The first kappa shape index (κ1) is 22.4. The molecule has 0 bridgehead atoms. The topological polar surface area (TPSA) is 75.7 Å². The van der Waals surface area contributed by atoms with Gasteiger partial charge in [-0.15, -0.1) is 11.3 Å². The van der Waals surface area contributed by atoms with Crippen molar-refractivity contribution in [3.05, 3.63) is 16.5 Å². The molecule has 1 aromatic heterocycles. The maximum atomic E-state index is 12.8. The maximum absolute atomic E-state index is 12.8. The predicted octanol–water partition coefficient (Wildman–Crippen LogP) is 3.96. The molecule has 7 heteroatoms. The smallest absolute Gasteiger partial charge is 0.341 e. The molecule has 1 aliphatic heterocycles. The van der Waals surface area contributed by atoms with Gasteiger partial charge in [-0.25, -0.2) is 4.79 Å². The van der Waals surface area contributed by atoms with E-state index in [9.17, 15) is 14.4 Å². The monoisotopic (exact) mass is 408 g/mol. The summed E-state index contributed by atoms with van der Waals surface area (Å²) in [4.78, 5) is 39.3. The molecular weight excluding hydrogens is 376 g/mol. The summed E-state index contributed by atoms with van der Waals surface area (Å²) in [6.07, 6.45) is 2.01. The van der Waals surface area contributed by atoms with E-state index in [4.69, 9.17) is 4.74 Å². The number of esters is 1. The Hall–Kier alpha value is -1.89. The van der Waals surface area contributed by atoms with Crippen LogP contribution in [-0.4, -0.2) is 42.9 Å². The number of rotatable bonds is 5. The van der Waals surface area contributed by atoms with Crippen LogP contribution in [-0.2, 0) is 20.7 Å². The normalized spacial score (nSPS) is 15.6. The summed E-state index contributed by atoms with van der Waals surface area (Å²) in [5.74, 6) is -0.156. The molecule has 1 aliphatic rings. The Balaban J connectivity index is 2.05. The summed E-state index contributed by atoms with van der Waals surface area (Å²) in [6.45, 7) is 11.1. The van der Waals surface area contributed by atoms with E-state index < -0.39 is 11.4 Å². The molecule has 0 aliphatic carbocycles. The minimum absolute atomic E-state index is 0.0917. The predicted molar refractivity (Wildman–Crippen MR) is 112 cm³/mol. The van der Waals surface area contributed by atoms with E-state index in [2.05, 4.69) is 19.2 Å². The number of amides is 2. The lowest BCUT2D eigenvalue weighted by molar-refractivity contribution is -0.142. The van der Waals surface area contributed by atoms with Crippen LogP contribution in [0.4, 0.5) is 5.00 Å². The van der Waals surface area contributed by atoms with E-state index >= 15 is 0 Å². The Morgan fingerprint density at radius 1 is 1.25 bits per heavy atom. The molecule has 1 N–H and O–H groups in total. The fourth-order valence-corrected chi connectivity index (χ4v) is 4.40. The van der Waals surface area contributed by atoms with E-state index in [0.717, 1.165) is 12.0 Å². The number of methoxy groups -OCH3 is 1. The van der Waals surface area contributed by atoms with Gasteiger partial charge < -0.3 is 15.0 Å². The molecule has 0 atom stereocenters. The van der Waals surface area contributed by atoms with Gasteiger partial charge in [-0.1, -0.05) is 34.6 Å². The van der Waals surface area contributed by atoms with Crippen molar-refractivity contribution < 1.29 is 19.1 Å². The molecule has 1 saturated heterocycles. The second-order valence-electron chi connectivity index (χ2n) is 8.86. The molecule has 2 rings (SSSR count). The molecule has 0 aromatic carbocycles. The number of anilines is 1. The SMILES string of the molecule is COC(=O)c1c(CC(C)C)csc1NC(=O)C1CCN(C(=O)C(C)(C)C)CC1. The van der Waals surface area contributed by atoms with Crippen molar-refractivity contribution in [2.75, 3.05) is 25.5 Å². The lowest BCUT2D eigenvalue weighted by Gasteiger charge is -2.35. The van der Waals surface area contributed by atoms with E-state index in [-0.39, 0.29) is 17.7 Å². The van der Waals surface area contributed by atoms with Gasteiger partial charge in [-0.05, 0) is 36.1 Å². The zero-order valence-electron chi connectivity index (χ0n) is 17.8. The van der Waals surface area contributed by atoms with Crippen LogP contribution < -0.4 is 5.32 Å². The van der Waals surface area contributed by atoms with Gasteiger partial charge in [0.25, 0.3) is 0 Å². The van der Waals surface area contributed by atoms with Crippen LogP contribution in [0, 0.1) is 17.3 Å². The van der Waals surface area contributed by atoms with Crippen molar-refractivity contribution in [1.82, 2.24) is 4.90 Å². The zero-order chi connectivity index (χ0) is 21.1. The number of piperidine rings is 1. The summed E-state index contributed by atoms with van der Waals surface area (Å²) < 4.78 is 4.93. The third kappa shape index (κ3) is 5.34. The minimum Gasteiger partial charge on any atom is -0.465 e. The van der Waals surface area contributed by atoms with Gasteiger partial charge in [0, 0.05) is 24.4 Å². The zero-order valence-corrected chi connectivity index (χ0v) is 18.6. The fourth-order valence-electron chi connectivity index (χ4n) is 3.43. The first-order chi connectivity index (χ1) is 13.0. The van der Waals surface area contributed by atoms with Gasteiger partial charge in [0.05, 0.1) is 12.7 Å². The minimum atomic E-state index is -0.419. The number of ether oxygens (including phenoxy) is 1. The third-order valence-corrected chi connectivity index (χ3v) is 5.86. The molecule has 28 heavy (non-hydrogen) atoms. The molecular formula is C21H32N2O4S. The Kier molecular flexibility index (Phi) is 7.26. The number of carbonyl (C=O) groups excluding carboxylic acids is 3. The molecule has 0 unspecified atom stereocenters. The molecule has 1 fully saturated rings. The van der Waals surface area contributed by atoms with Crippen LogP contribution in [0.1, 0.15) is 63.4 Å². The highest BCUT2D eigenvalue weighted by Crippen LogP contribution is 2.32. The first-order valence-corrected chi connectivity index (χ1v) is 10.7. The van der Waals surface area contributed by atoms with Gasteiger partial charge >= 0.3 is 5.97 Å². The van der Waals surface area contributed by atoms with Crippen molar-refractivity contribution in [3.8, 4) is 0 Å². The molecule has 2 heterocycles. The van der Waals surface area contributed by atoms with Gasteiger partial charge in [0.1, 0.15) is 5.00 Å². The fraction of sp³-hybridized carbons (Fsp3) is 0.667. The van der Waals surface area contributed by atoms with Crippen LogP contribution >= 0.6 is 11.3 Å². The van der Waals surface area contributed by atoms with E-state index in [1.54, 1.807) is 0 Å². The number of nitrogens with zero attached hydrogens (tertiary/aromatic N) is 1. The average molecular weight is 409 g/mol. The Morgan fingerprint density at radius 2 is 1.86 bits per heavy atom. The summed E-state index contributed by atoms with van der Waals surface area (Å²) >= 11 is 1.37. The van der Waals surface area contributed by atoms with Crippen molar-refractivity contribution >= 4 is 34.1 Å². The number of nitrogens with one attached hydrogen (secondary N) is 1. The van der Waals surface area contributed by atoms with Gasteiger partial charge in [-0.2, -0.15) is 0 Å². The molecule has 6 nitrogen and oxygen atoms in total. The summed E-state index contributed by atoms with van der Waals surface area (Å²) in [6, 6.07) is 0. The third-order valence-electron chi connectivity index (χ3n) is 4.92. The highest BCUT2D eigenvalue weighted by Gasteiger charge is 2.33. The van der Waals surface area contributed by atoms with Crippen LogP contribution in [0.3, 0.4) is 0 Å². The second-order valence-corrected chi connectivity index (χ2v) is 9.74. The largest absolute Gasteiger partial charge is 0.465 e. The molecule has 156 valence electrons. The molecule has 0 spiro atoms. The Labute approximate surface area is 171 Å². The quantitative estimate of drug-likeness (QED) is 0.749.